The zero-order valence-corrected chi connectivity index (χ0v) is 14.3. The molecule has 128 valence electrons. The molecule has 0 spiro atoms. The fourth-order valence-corrected chi connectivity index (χ4v) is 2.97. The van der Waals surface area contributed by atoms with Gasteiger partial charge in [0.05, 0.1) is 6.54 Å². The molecule has 1 aliphatic heterocycles. The molecule has 1 heterocycles. The standard InChI is InChI=1S/C18H29N3O2/c1-16(2)21(14-17-6-4-3-5-7-17)13-12-19-8-10-20(11-9-19)15-18(22)23/h3-7,16H,8-15H2,1-2H3,(H,22,23). The third-order valence-electron chi connectivity index (χ3n) is 4.49. The van der Waals surface area contributed by atoms with E-state index in [1.165, 1.54) is 5.56 Å². The number of piperazine rings is 1. The number of nitrogens with zero attached hydrogens (tertiary/aromatic N) is 3. The fraction of sp³-hybridized carbons (Fsp3) is 0.611. The van der Waals surface area contributed by atoms with Crippen molar-refractivity contribution in [1.82, 2.24) is 14.7 Å². The van der Waals surface area contributed by atoms with Crippen molar-refractivity contribution < 1.29 is 9.90 Å². The Bertz CT molecular complexity index is 470. The van der Waals surface area contributed by atoms with Crippen LogP contribution in [0.5, 0.6) is 0 Å². The topological polar surface area (TPSA) is 47.0 Å². The number of aliphatic carboxylic acids is 1. The lowest BCUT2D eigenvalue weighted by molar-refractivity contribution is -0.138. The highest BCUT2D eigenvalue weighted by atomic mass is 16.4. The van der Waals surface area contributed by atoms with Crippen molar-refractivity contribution in [2.45, 2.75) is 26.4 Å². The minimum Gasteiger partial charge on any atom is -0.480 e. The van der Waals surface area contributed by atoms with Gasteiger partial charge in [0.2, 0.25) is 0 Å². The highest BCUT2D eigenvalue weighted by Crippen LogP contribution is 2.09. The lowest BCUT2D eigenvalue weighted by Gasteiger charge is -2.36. The number of carbonyl (C=O) groups is 1. The van der Waals surface area contributed by atoms with Crippen LogP contribution in [0.2, 0.25) is 0 Å². The van der Waals surface area contributed by atoms with Crippen molar-refractivity contribution in [2.24, 2.45) is 0 Å². The van der Waals surface area contributed by atoms with Crippen LogP contribution in [-0.4, -0.2) is 77.6 Å². The van der Waals surface area contributed by atoms with Crippen LogP contribution < -0.4 is 0 Å². The molecule has 0 radical (unpaired) electrons. The average Bonchev–Trinajstić information content (AvgIpc) is 2.53. The molecule has 1 N–H and O–H groups in total. The van der Waals surface area contributed by atoms with Gasteiger partial charge in [-0.15, -0.1) is 0 Å². The van der Waals surface area contributed by atoms with Crippen LogP contribution in [0.15, 0.2) is 30.3 Å². The Morgan fingerprint density at radius 1 is 1.13 bits per heavy atom. The predicted molar refractivity (Wildman–Crippen MR) is 92.5 cm³/mol. The summed E-state index contributed by atoms with van der Waals surface area (Å²) < 4.78 is 0. The number of benzene rings is 1. The molecule has 1 fully saturated rings. The van der Waals surface area contributed by atoms with Gasteiger partial charge in [-0.05, 0) is 19.4 Å². The van der Waals surface area contributed by atoms with Gasteiger partial charge in [-0.25, -0.2) is 0 Å². The summed E-state index contributed by atoms with van der Waals surface area (Å²) in [6.45, 7) is 11.4. The van der Waals surface area contributed by atoms with Crippen LogP contribution in [0, 0.1) is 0 Å². The number of hydrogen-bond donors (Lipinski definition) is 1. The van der Waals surface area contributed by atoms with Crippen molar-refractivity contribution >= 4 is 5.97 Å². The number of carboxylic acids is 1. The molecule has 23 heavy (non-hydrogen) atoms. The van der Waals surface area contributed by atoms with Crippen LogP contribution in [0.25, 0.3) is 0 Å². The summed E-state index contributed by atoms with van der Waals surface area (Å²) in [6.07, 6.45) is 0. The highest BCUT2D eigenvalue weighted by molar-refractivity contribution is 5.69. The SMILES string of the molecule is CC(C)N(CCN1CCN(CC(=O)O)CC1)Cc1ccccc1. The summed E-state index contributed by atoms with van der Waals surface area (Å²) in [5.41, 5.74) is 1.35. The zero-order valence-electron chi connectivity index (χ0n) is 14.3. The first-order chi connectivity index (χ1) is 11.0. The third-order valence-corrected chi connectivity index (χ3v) is 4.49. The predicted octanol–water partition coefficient (Wildman–Crippen LogP) is 1.60. The Morgan fingerprint density at radius 3 is 2.30 bits per heavy atom. The van der Waals surface area contributed by atoms with Crippen LogP contribution in [-0.2, 0) is 11.3 Å². The minimum atomic E-state index is -0.729. The van der Waals surface area contributed by atoms with Gasteiger partial charge in [0, 0.05) is 51.9 Å². The van der Waals surface area contributed by atoms with Crippen molar-refractivity contribution in [1.29, 1.82) is 0 Å². The summed E-state index contributed by atoms with van der Waals surface area (Å²) in [5, 5.41) is 8.85. The molecule has 0 saturated carbocycles. The first-order valence-corrected chi connectivity index (χ1v) is 8.49. The van der Waals surface area contributed by atoms with Gasteiger partial charge < -0.3 is 5.11 Å². The monoisotopic (exact) mass is 319 g/mol. The summed E-state index contributed by atoms with van der Waals surface area (Å²) in [5.74, 6) is -0.729. The Labute approximate surface area is 139 Å². The van der Waals surface area contributed by atoms with E-state index in [-0.39, 0.29) is 6.54 Å². The normalized spacial score (nSPS) is 17.0. The van der Waals surface area contributed by atoms with E-state index >= 15 is 0 Å². The Kier molecular flexibility index (Phi) is 7.02. The van der Waals surface area contributed by atoms with Crippen molar-refractivity contribution in [3.05, 3.63) is 35.9 Å². The second-order valence-corrected chi connectivity index (χ2v) is 6.56. The molecule has 0 amide bonds. The molecular weight excluding hydrogens is 290 g/mol. The van der Waals surface area contributed by atoms with Crippen LogP contribution in [0.3, 0.4) is 0 Å². The van der Waals surface area contributed by atoms with Crippen LogP contribution >= 0.6 is 0 Å². The number of hydrogen-bond acceptors (Lipinski definition) is 4. The van der Waals surface area contributed by atoms with Gasteiger partial charge in [-0.3, -0.25) is 19.5 Å². The van der Waals surface area contributed by atoms with Gasteiger partial charge >= 0.3 is 5.97 Å². The van der Waals surface area contributed by atoms with E-state index in [2.05, 4.69) is 54.0 Å². The molecule has 0 bridgehead atoms. The second kappa shape index (κ2) is 9.01. The molecule has 1 aromatic carbocycles. The molecule has 0 aromatic heterocycles. The Balaban J connectivity index is 1.75. The maximum absolute atomic E-state index is 10.8. The average molecular weight is 319 g/mol. The van der Waals surface area contributed by atoms with E-state index < -0.39 is 5.97 Å². The van der Waals surface area contributed by atoms with E-state index in [1.807, 2.05) is 4.90 Å². The number of carboxylic acid groups (broad SMARTS) is 1. The molecule has 1 aliphatic rings. The molecule has 0 aliphatic carbocycles. The van der Waals surface area contributed by atoms with Crippen molar-refractivity contribution in [3.8, 4) is 0 Å². The maximum atomic E-state index is 10.8. The van der Waals surface area contributed by atoms with E-state index in [0.717, 1.165) is 45.8 Å². The molecule has 0 atom stereocenters. The lowest BCUT2D eigenvalue weighted by atomic mass is 10.2. The zero-order chi connectivity index (χ0) is 16.7. The van der Waals surface area contributed by atoms with Crippen molar-refractivity contribution in [2.75, 3.05) is 45.8 Å². The van der Waals surface area contributed by atoms with E-state index in [0.29, 0.717) is 6.04 Å². The van der Waals surface area contributed by atoms with Crippen LogP contribution in [0.1, 0.15) is 19.4 Å². The minimum absolute atomic E-state index is 0.167. The molecule has 5 heteroatoms. The molecule has 1 aromatic rings. The van der Waals surface area contributed by atoms with E-state index in [4.69, 9.17) is 5.11 Å². The maximum Gasteiger partial charge on any atom is 0.317 e. The Morgan fingerprint density at radius 2 is 1.74 bits per heavy atom. The first-order valence-electron chi connectivity index (χ1n) is 8.49. The second-order valence-electron chi connectivity index (χ2n) is 6.56. The van der Waals surface area contributed by atoms with Gasteiger partial charge in [-0.1, -0.05) is 30.3 Å². The summed E-state index contributed by atoms with van der Waals surface area (Å²) in [7, 11) is 0. The summed E-state index contributed by atoms with van der Waals surface area (Å²) >= 11 is 0. The molecule has 5 nitrogen and oxygen atoms in total. The highest BCUT2D eigenvalue weighted by Gasteiger charge is 2.19. The third kappa shape index (κ3) is 6.29. The lowest BCUT2D eigenvalue weighted by Crippen LogP contribution is -2.50. The molecular formula is C18H29N3O2. The van der Waals surface area contributed by atoms with Gasteiger partial charge in [0.1, 0.15) is 0 Å². The van der Waals surface area contributed by atoms with Crippen LogP contribution in [0.4, 0.5) is 0 Å². The van der Waals surface area contributed by atoms with Gasteiger partial charge in [0.25, 0.3) is 0 Å². The van der Waals surface area contributed by atoms with E-state index in [9.17, 15) is 4.79 Å². The fourth-order valence-electron chi connectivity index (χ4n) is 2.97. The molecule has 1 saturated heterocycles. The largest absolute Gasteiger partial charge is 0.480 e. The molecule has 2 rings (SSSR count). The first kappa shape index (κ1) is 17.9. The summed E-state index contributed by atoms with van der Waals surface area (Å²) in [4.78, 5) is 17.7. The smallest absolute Gasteiger partial charge is 0.317 e. The van der Waals surface area contributed by atoms with Gasteiger partial charge in [-0.2, -0.15) is 0 Å². The quantitative estimate of drug-likeness (QED) is 0.789. The van der Waals surface area contributed by atoms with Gasteiger partial charge in [0.15, 0.2) is 0 Å². The van der Waals surface area contributed by atoms with E-state index in [1.54, 1.807) is 0 Å². The number of rotatable bonds is 8. The Hall–Kier alpha value is -1.43. The molecule has 0 unspecified atom stereocenters. The summed E-state index contributed by atoms with van der Waals surface area (Å²) in [6, 6.07) is 11.1. The van der Waals surface area contributed by atoms with Crippen molar-refractivity contribution in [3.63, 3.8) is 0 Å².